The fourth-order valence-electron chi connectivity index (χ4n) is 2.19. The summed E-state index contributed by atoms with van der Waals surface area (Å²) in [5.41, 5.74) is 0.759. The normalized spacial score (nSPS) is 21.0. The van der Waals surface area contributed by atoms with E-state index in [1.807, 2.05) is 6.92 Å². The minimum Gasteiger partial charge on any atom is -0.484 e. The molecular formula is C15H19F3N2O3. The number of nitrogens with one attached hydrogen (secondary N) is 2. The Hall–Kier alpha value is -1.96. The number of benzene rings is 1. The van der Waals surface area contributed by atoms with E-state index in [1.165, 1.54) is 12.1 Å². The van der Waals surface area contributed by atoms with Crippen molar-refractivity contribution in [3.05, 3.63) is 29.8 Å². The molecule has 1 aliphatic rings. The van der Waals surface area contributed by atoms with Gasteiger partial charge < -0.3 is 20.1 Å². The Morgan fingerprint density at radius 3 is 2.61 bits per heavy atom. The van der Waals surface area contributed by atoms with Gasteiger partial charge in [-0.25, -0.2) is 4.79 Å². The first kappa shape index (κ1) is 17.4. The topological polar surface area (TPSA) is 59.6 Å². The zero-order chi connectivity index (χ0) is 16.9. The van der Waals surface area contributed by atoms with Gasteiger partial charge in [0.25, 0.3) is 0 Å². The van der Waals surface area contributed by atoms with Gasteiger partial charge in [0.05, 0.1) is 12.1 Å². The highest BCUT2D eigenvalue weighted by Crippen LogP contribution is 2.18. The number of rotatable bonds is 5. The number of ether oxygens (including phenoxy) is 2. The maximum atomic E-state index is 12.0. The Morgan fingerprint density at radius 2 is 2.04 bits per heavy atom. The molecule has 0 spiro atoms. The summed E-state index contributed by atoms with van der Waals surface area (Å²) in [5, 5.41) is 5.52. The van der Waals surface area contributed by atoms with Crippen LogP contribution < -0.4 is 15.4 Å². The lowest BCUT2D eigenvalue weighted by Gasteiger charge is -2.16. The van der Waals surface area contributed by atoms with Crippen LogP contribution >= 0.6 is 0 Å². The molecule has 0 saturated carbocycles. The van der Waals surface area contributed by atoms with Crippen molar-refractivity contribution in [1.82, 2.24) is 10.6 Å². The third kappa shape index (κ3) is 5.97. The average molecular weight is 332 g/mol. The maximum absolute atomic E-state index is 12.0. The molecule has 1 saturated heterocycles. The van der Waals surface area contributed by atoms with Gasteiger partial charge in [-0.15, -0.1) is 0 Å². The molecule has 2 rings (SSSR count). The second-order valence-corrected chi connectivity index (χ2v) is 5.35. The molecule has 23 heavy (non-hydrogen) atoms. The van der Waals surface area contributed by atoms with E-state index < -0.39 is 12.8 Å². The molecule has 0 unspecified atom stereocenters. The monoisotopic (exact) mass is 332 g/mol. The maximum Gasteiger partial charge on any atom is 0.422 e. The van der Waals surface area contributed by atoms with Crippen LogP contribution in [0, 0.1) is 0 Å². The molecule has 0 aromatic heterocycles. The van der Waals surface area contributed by atoms with Crippen molar-refractivity contribution in [2.45, 2.75) is 38.2 Å². The van der Waals surface area contributed by atoms with Gasteiger partial charge in [-0.2, -0.15) is 13.2 Å². The van der Waals surface area contributed by atoms with Crippen molar-refractivity contribution in [2.24, 2.45) is 0 Å². The summed E-state index contributed by atoms with van der Waals surface area (Å²) in [7, 11) is 0. The van der Waals surface area contributed by atoms with Crippen LogP contribution in [0.25, 0.3) is 0 Å². The number of amides is 2. The number of urea groups is 1. The summed E-state index contributed by atoms with van der Waals surface area (Å²) in [6.07, 6.45) is -3.59. The molecule has 2 atom stereocenters. The predicted octanol–water partition coefficient (Wildman–Crippen LogP) is 2.60. The van der Waals surface area contributed by atoms with Crippen molar-refractivity contribution in [3.8, 4) is 5.75 Å². The van der Waals surface area contributed by atoms with Gasteiger partial charge in [0.1, 0.15) is 5.75 Å². The minimum absolute atomic E-state index is 0.00635. The van der Waals surface area contributed by atoms with E-state index in [2.05, 4.69) is 15.4 Å². The predicted molar refractivity (Wildman–Crippen MR) is 77.2 cm³/mol. The highest BCUT2D eigenvalue weighted by molar-refractivity contribution is 5.74. The molecule has 1 heterocycles. The van der Waals surface area contributed by atoms with Gasteiger partial charge in [-0.1, -0.05) is 12.1 Å². The molecule has 2 amide bonds. The number of alkyl halides is 3. The first-order chi connectivity index (χ1) is 10.8. The van der Waals surface area contributed by atoms with Crippen LogP contribution in [0.4, 0.5) is 18.0 Å². The van der Waals surface area contributed by atoms with E-state index in [9.17, 15) is 18.0 Å². The standard InChI is InChI=1S/C15H19F3N2O3/c1-10-13(6-7-22-10)20-14(21)19-8-11-2-4-12(5-3-11)23-9-15(16,17)18/h2-5,10,13H,6-9H2,1H3,(H2,19,20,21)/t10-,13-/m0/s1. The Bertz CT molecular complexity index is 520. The summed E-state index contributed by atoms with van der Waals surface area (Å²) in [5.74, 6) is 0.132. The minimum atomic E-state index is -4.36. The van der Waals surface area contributed by atoms with Gasteiger partial charge in [-0.3, -0.25) is 0 Å². The summed E-state index contributed by atoms with van der Waals surface area (Å²) >= 11 is 0. The molecule has 0 radical (unpaired) electrons. The van der Waals surface area contributed by atoms with Crippen molar-refractivity contribution < 1.29 is 27.4 Å². The average Bonchev–Trinajstić information content (AvgIpc) is 2.88. The van der Waals surface area contributed by atoms with Gasteiger partial charge in [0, 0.05) is 13.2 Å². The summed E-state index contributed by atoms with van der Waals surface area (Å²) in [6, 6.07) is 5.78. The zero-order valence-corrected chi connectivity index (χ0v) is 12.7. The van der Waals surface area contributed by atoms with E-state index >= 15 is 0 Å². The lowest BCUT2D eigenvalue weighted by molar-refractivity contribution is -0.153. The van der Waals surface area contributed by atoms with Gasteiger partial charge in [-0.05, 0) is 31.0 Å². The Labute approximate surface area is 132 Å². The van der Waals surface area contributed by atoms with Crippen LogP contribution in [0.2, 0.25) is 0 Å². The molecule has 1 aromatic rings. The first-order valence-electron chi connectivity index (χ1n) is 7.28. The number of halogens is 3. The fourth-order valence-corrected chi connectivity index (χ4v) is 2.19. The third-order valence-corrected chi connectivity index (χ3v) is 3.47. The molecular weight excluding hydrogens is 313 g/mol. The quantitative estimate of drug-likeness (QED) is 0.871. The molecule has 8 heteroatoms. The Kier molecular flexibility index (Phi) is 5.70. The van der Waals surface area contributed by atoms with Crippen molar-refractivity contribution >= 4 is 6.03 Å². The van der Waals surface area contributed by atoms with Crippen molar-refractivity contribution in [2.75, 3.05) is 13.2 Å². The van der Waals surface area contributed by atoms with E-state index in [0.717, 1.165) is 12.0 Å². The first-order valence-corrected chi connectivity index (χ1v) is 7.28. The van der Waals surface area contributed by atoms with Crippen LogP contribution in [-0.4, -0.2) is 37.6 Å². The van der Waals surface area contributed by atoms with E-state index in [1.54, 1.807) is 12.1 Å². The summed E-state index contributed by atoms with van der Waals surface area (Å²) in [6.45, 7) is 1.48. The van der Waals surface area contributed by atoms with Crippen molar-refractivity contribution in [1.29, 1.82) is 0 Å². The molecule has 1 aliphatic heterocycles. The third-order valence-electron chi connectivity index (χ3n) is 3.47. The summed E-state index contributed by atoms with van der Waals surface area (Å²) in [4.78, 5) is 11.8. The number of carbonyl (C=O) groups is 1. The smallest absolute Gasteiger partial charge is 0.422 e. The fraction of sp³-hybridized carbons (Fsp3) is 0.533. The SMILES string of the molecule is C[C@@H]1OCC[C@@H]1NC(=O)NCc1ccc(OCC(F)(F)F)cc1. The second kappa shape index (κ2) is 7.54. The van der Waals surface area contributed by atoms with Crippen molar-refractivity contribution in [3.63, 3.8) is 0 Å². The molecule has 2 N–H and O–H groups in total. The van der Waals surface area contributed by atoms with E-state index in [-0.39, 0.29) is 30.5 Å². The van der Waals surface area contributed by atoms with Gasteiger partial charge in [0.15, 0.2) is 6.61 Å². The van der Waals surface area contributed by atoms with Gasteiger partial charge in [0.2, 0.25) is 0 Å². The molecule has 5 nitrogen and oxygen atoms in total. The molecule has 1 fully saturated rings. The summed E-state index contributed by atoms with van der Waals surface area (Å²) < 4.78 is 46.1. The van der Waals surface area contributed by atoms with E-state index in [0.29, 0.717) is 6.61 Å². The zero-order valence-electron chi connectivity index (χ0n) is 12.7. The lowest BCUT2D eigenvalue weighted by atomic mass is 10.2. The Morgan fingerprint density at radius 1 is 1.35 bits per heavy atom. The number of hydrogen-bond donors (Lipinski definition) is 2. The molecule has 1 aromatic carbocycles. The second-order valence-electron chi connectivity index (χ2n) is 5.35. The lowest BCUT2D eigenvalue weighted by Crippen LogP contribution is -2.44. The Balaban J connectivity index is 1.74. The largest absolute Gasteiger partial charge is 0.484 e. The van der Waals surface area contributed by atoms with Crippen LogP contribution in [0.1, 0.15) is 18.9 Å². The number of hydrogen-bond acceptors (Lipinski definition) is 3. The number of carbonyl (C=O) groups excluding carboxylic acids is 1. The van der Waals surface area contributed by atoms with Gasteiger partial charge >= 0.3 is 12.2 Å². The van der Waals surface area contributed by atoms with Crippen LogP contribution in [0.3, 0.4) is 0 Å². The molecule has 0 bridgehead atoms. The van der Waals surface area contributed by atoms with E-state index in [4.69, 9.17) is 4.74 Å². The van der Waals surface area contributed by atoms with Crippen LogP contribution in [0.15, 0.2) is 24.3 Å². The molecule has 128 valence electrons. The highest BCUT2D eigenvalue weighted by atomic mass is 19.4. The highest BCUT2D eigenvalue weighted by Gasteiger charge is 2.28. The van der Waals surface area contributed by atoms with Crippen LogP contribution in [-0.2, 0) is 11.3 Å². The van der Waals surface area contributed by atoms with Crippen LogP contribution in [0.5, 0.6) is 5.75 Å². The molecule has 0 aliphatic carbocycles.